The van der Waals surface area contributed by atoms with Gasteiger partial charge in [-0.3, -0.25) is 4.99 Å². The van der Waals surface area contributed by atoms with Gasteiger partial charge in [-0.2, -0.15) is 0 Å². The van der Waals surface area contributed by atoms with E-state index in [1.165, 1.54) is 56.7 Å². The summed E-state index contributed by atoms with van der Waals surface area (Å²) in [5.74, 6) is 0.884. The number of aryl methyl sites for hydroxylation is 1. The molecular formula is C19H34IN5. The number of hydrogen-bond donors (Lipinski definition) is 2. The minimum absolute atomic E-state index is 0. The molecule has 0 aromatic heterocycles. The maximum Gasteiger partial charge on any atom is 0.191 e. The molecule has 1 fully saturated rings. The van der Waals surface area contributed by atoms with Gasteiger partial charge in [0, 0.05) is 46.3 Å². The predicted octanol–water partition coefficient (Wildman–Crippen LogP) is 2.31. The molecule has 1 aromatic rings. The molecule has 2 rings (SSSR count). The Morgan fingerprint density at radius 3 is 2.36 bits per heavy atom. The fourth-order valence-corrected chi connectivity index (χ4v) is 2.85. The highest BCUT2D eigenvalue weighted by Crippen LogP contribution is 2.03. The van der Waals surface area contributed by atoms with Crippen molar-refractivity contribution in [3.8, 4) is 0 Å². The van der Waals surface area contributed by atoms with Gasteiger partial charge >= 0.3 is 0 Å². The Labute approximate surface area is 170 Å². The molecule has 0 unspecified atom stereocenters. The summed E-state index contributed by atoms with van der Waals surface area (Å²) in [5, 5.41) is 6.78. The van der Waals surface area contributed by atoms with Crippen LogP contribution in [0.3, 0.4) is 0 Å². The fourth-order valence-electron chi connectivity index (χ4n) is 2.85. The molecular weight excluding hydrogens is 425 g/mol. The predicted molar refractivity (Wildman–Crippen MR) is 118 cm³/mol. The number of benzene rings is 1. The summed E-state index contributed by atoms with van der Waals surface area (Å²) in [7, 11) is 4.03. The SMILES string of the molecule is CN=C(NCCCCN1CCN(C)CC1)NCc1ccc(C)cc1.I. The number of nitrogens with zero attached hydrogens (tertiary/aromatic N) is 3. The molecule has 6 heteroatoms. The van der Waals surface area contributed by atoms with E-state index in [0.717, 1.165) is 19.0 Å². The van der Waals surface area contributed by atoms with Crippen LogP contribution in [0.15, 0.2) is 29.3 Å². The van der Waals surface area contributed by atoms with Crippen LogP contribution in [0.4, 0.5) is 0 Å². The first-order valence-electron chi connectivity index (χ1n) is 9.08. The highest BCUT2D eigenvalue weighted by atomic mass is 127. The van der Waals surface area contributed by atoms with Crippen molar-refractivity contribution in [3.05, 3.63) is 35.4 Å². The average Bonchev–Trinajstić information content (AvgIpc) is 2.60. The first kappa shape index (κ1) is 22.2. The summed E-state index contributed by atoms with van der Waals surface area (Å²) in [6, 6.07) is 8.61. The lowest BCUT2D eigenvalue weighted by Gasteiger charge is -2.32. The molecule has 0 saturated carbocycles. The third kappa shape index (κ3) is 8.87. The van der Waals surface area contributed by atoms with Crippen molar-refractivity contribution >= 4 is 29.9 Å². The highest BCUT2D eigenvalue weighted by Gasteiger charge is 2.12. The van der Waals surface area contributed by atoms with Crippen LogP contribution in [0.5, 0.6) is 0 Å². The summed E-state index contributed by atoms with van der Waals surface area (Å²) >= 11 is 0. The Kier molecular flexibility index (Phi) is 11.1. The second kappa shape index (κ2) is 12.5. The summed E-state index contributed by atoms with van der Waals surface area (Å²) < 4.78 is 0. The molecule has 5 nitrogen and oxygen atoms in total. The third-order valence-corrected chi connectivity index (χ3v) is 4.59. The number of piperazine rings is 1. The van der Waals surface area contributed by atoms with Crippen LogP contribution < -0.4 is 10.6 Å². The van der Waals surface area contributed by atoms with Crippen LogP contribution in [0.25, 0.3) is 0 Å². The maximum absolute atomic E-state index is 4.29. The Morgan fingerprint density at radius 2 is 1.72 bits per heavy atom. The van der Waals surface area contributed by atoms with Gasteiger partial charge in [0.2, 0.25) is 0 Å². The average molecular weight is 459 g/mol. The van der Waals surface area contributed by atoms with Gasteiger partial charge < -0.3 is 20.4 Å². The summed E-state index contributed by atoms with van der Waals surface area (Å²) in [5.41, 5.74) is 2.57. The third-order valence-electron chi connectivity index (χ3n) is 4.59. The Balaban J connectivity index is 0.00000312. The van der Waals surface area contributed by atoms with Crippen LogP contribution in [-0.4, -0.2) is 69.1 Å². The van der Waals surface area contributed by atoms with Crippen molar-refractivity contribution in [1.82, 2.24) is 20.4 Å². The summed E-state index contributed by atoms with van der Waals surface area (Å²) in [6.07, 6.45) is 2.42. The lowest BCUT2D eigenvalue weighted by atomic mass is 10.1. The lowest BCUT2D eigenvalue weighted by Crippen LogP contribution is -2.44. The molecule has 0 bridgehead atoms. The van der Waals surface area contributed by atoms with Crippen molar-refractivity contribution in [1.29, 1.82) is 0 Å². The van der Waals surface area contributed by atoms with Crippen LogP contribution in [-0.2, 0) is 6.54 Å². The van der Waals surface area contributed by atoms with Crippen LogP contribution in [0, 0.1) is 6.92 Å². The van der Waals surface area contributed by atoms with E-state index in [1.54, 1.807) is 0 Å². The van der Waals surface area contributed by atoms with Crippen molar-refractivity contribution in [2.45, 2.75) is 26.3 Å². The van der Waals surface area contributed by atoms with Crippen molar-refractivity contribution < 1.29 is 0 Å². The molecule has 0 spiro atoms. The van der Waals surface area contributed by atoms with Crippen LogP contribution >= 0.6 is 24.0 Å². The van der Waals surface area contributed by atoms with E-state index >= 15 is 0 Å². The van der Waals surface area contributed by atoms with Gasteiger partial charge in [0.15, 0.2) is 5.96 Å². The maximum atomic E-state index is 4.29. The Bertz CT molecular complexity index is 495. The topological polar surface area (TPSA) is 42.9 Å². The number of nitrogens with one attached hydrogen (secondary N) is 2. The van der Waals surface area contributed by atoms with Gasteiger partial charge in [0.25, 0.3) is 0 Å². The molecule has 142 valence electrons. The molecule has 1 heterocycles. The zero-order valence-electron chi connectivity index (χ0n) is 15.9. The smallest absolute Gasteiger partial charge is 0.191 e. The minimum Gasteiger partial charge on any atom is -0.356 e. The highest BCUT2D eigenvalue weighted by molar-refractivity contribution is 14.0. The number of halogens is 1. The summed E-state index contributed by atoms with van der Waals surface area (Å²) in [6.45, 7) is 9.93. The van der Waals surface area contributed by atoms with Gasteiger partial charge in [-0.05, 0) is 38.9 Å². The number of unbranched alkanes of at least 4 members (excludes halogenated alkanes) is 1. The molecule has 1 aromatic carbocycles. The van der Waals surface area contributed by atoms with E-state index in [2.05, 4.69) is 63.7 Å². The van der Waals surface area contributed by atoms with E-state index in [0.29, 0.717) is 0 Å². The fraction of sp³-hybridized carbons (Fsp3) is 0.632. The number of rotatable bonds is 7. The van der Waals surface area contributed by atoms with E-state index in [4.69, 9.17) is 0 Å². The number of hydrogen-bond acceptors (Lipinski definition) is 3. The quantitative estimate of drug-likeness (QED) is 0.284. The Morgan fingerprint density at radius 1 is 1.04 bits per heavy atom. The summed E-state index contributed by atoms with van der Waals surface area (Å²) in [4.78, 5) is 9.27. The molecule has 0 radical (unpaired) electrons. The zero-order chi connectivity index (χ0) is 17.2. The monoisotopic (exact) mass is 459 g/mol. The van der Waals surface area contributed by atoms with Crippen molar-refractivity contribution in [3.63, 3.8) is 0 Å². The van der Waals surface area contributed by atoms with E-state index in [-0.39, 0.29) is 24.0 Å². The second-order valence-electron chi connectivity index (χ2n) is 6.69. The molecule has 1 aliphatic heterocycles. The van der Waals surface area contributed by atoms with Gasteiger partial charge in [0.05, 0.1) is 0 Å². The minimum atomic E-state index is 0. The van der Waals surface area contributed by atoms with Crippen molar-refractivity contribution in [2.75, 3.05) is 53.4 Å². The van der Waals surface area contributed by atoms with Gasteiger partial charge in [-0.15, -0.1) is 24.0 Å². The number of likely N-dealkylation sites (N-methyl/N-ethyl adjacent to an activating group) is 1. The zero-order valence-corrected chi connectivity index (χ0v) is 18.3. The first-order valence-corrected chi connectivity index (χ1v) is 9.08. The van der Waals surface area contributed by atoms with Gasteiger partial charge in [-0.25, -0.2) is 0 Å². The molecule has 1 saturated heterocycles. The first-order chi connectivity index (χ1) is 11.7. The second-order valence-corrected chi connectivity index (χ2v) is 6.69. The molecule has 2 N–H and O–H groups in total. The lowest BCUT2D eigenvalue weighted by molar-refractivity contribution is 0.152. The number of guanidine groups is 1. The van der Waals surface area contributed by atoms with Crippen LogP contribution in [0.2, 0.25) is 0 Å². The van der Waals surface area contributed by atoms with Gasteiger partial charge in [-0.1, -0.05) is 29.8 Å². The molecule has 0 amide bonds. The number of aliphatic imine (C=N–C) groups is 1. The van der Waals surface area contributed by atoms with E-state index < -0.39 is 0 Å². The van der Waals surface area contributed by atoms with Gasteiger partial charge in [0.1, 0.15) is 0 Å². The molecule has 0 aliphatic carbocycles. The molecule has 1 aliphatic rings. The standard InChI is InChI=1S/C19H33N5.HI/c1-17-6-8-18(9-7-17)16-22-19(20-2)21-10-4-5-11-24-14-12-23(3)13-15-24;/h6-9H,4-5,10-16H2,1-3H3,(H2,20,21,22);1H. The molecule has 0 atom stereocenters. The van der Waals surface area contributed by atoms with E-state index in [1.807, 2.05) is 7.05 Å². The van der Waals surface area contributed by atoms with E-state index in [9.17, 15) is 0 Å². The van der Waals surface area contributed by atoms with Crippen molar-refractivity contribution in [2.24, 2.45) is 4.99 Å². The van der Waals surface area contributed by atoms with Crippen LogP contribution in [0.1, 0.15) is 24.0 Å². The largest absolute Gasteiger partial charge is 0.356 e. The normalized spacial score (nSPS) is 16.4. The Hall–Kier alpha value is -0.860. The molecule has 25 heavy (non-hydrogen) atoms.